The lowest BCUT2D eigenvalue weighted by atomic mass is 10.3. The van der Waals surface area contributed by atoms with Crippen LogP contribution in [0.15, 0.2) is 0 Å². The van der Waals surface area contributed by atoms with Crippen molar-refractivity contribution in [2.75, 3.05) is 7.11 Å². The molecule has 11 heavy (non-hydrogen) atoms. The molecule has 0 unspecified atom stereocenters. The van der Waals surface area contributed by atoms with E-state index in [2.05, 4.69) is 4.74 Å². The van der Waals surface area contributed by atoms with E-state index >= 15 is 0 Å². The number of hydrogen-bond donors (Lipinski definition) is 0. The van der Waals surface area contributed by atoms with E-state index in [1.54, 1.807) is 0 Å². The van der Waals surface area contributed by atoms with Crippen molar-refractivity contribution in [1.82, 2.24) is 0 Å². The molecular formula is C6H6F2O3. The number of rotatable bonds is 2. The molecule has 0 radical (unpaired) electrons. The van der Waals surface area contributed by atoms with Crippen LogP contribution in [-0.2, 0) is 14.3 Å². The Morgan fingerprint density at radius 3 is 2.45 bits per heavy atom. The molecule has 2 atom stereocenters. The Kier molecular flexibility index (Phi) is 1.66. The first-order valence-electron chi connectivity index (χ1n) is 2.96. The highest BCUT2D eigenvalue weighted by Gasteiger charge is 2.73. The molecular weight excluding hydrogens is 158 g/mol. The maximum atomic E-state index is 12.4. The second-order valence-electron chi connectivity index (χ2n) is 2.34. The molecule has 5 heteroatoms. The van der Waals surface area contributed by atoms with Gasteiger partial charge in [-0.1, -0.05) is 0 Å². The number of ether oxygens (including phenoxy) is 1. The van der Waals surface area contributed by atoms with Crippen molar-refractivity contribution >= 4 is 12.3 Å². The molecule has 1 rings (SSSR count). The fraction of sp³-hybridized carbons (Fsp3) is 0.667. The Hall–Kier alpha value is -1.00. The minimum Gasteiger partial charge on any atom is -0.469 e. The molecule has 1 fully saturated rings. The lowest BCUT2D eigenvalue weighted by Gasteiger charge is -1.93. The normalized spacial score (nSPS) is 32.6. The van der Waals surface area contributed by atoms with E-state index in [-0.39, 0.29) is 6.29 Å². The van der Waals surface area contributed by atoms with E-state index in [4.69, 9.17) is 0 Å². The summed E-state index contributed by atoms with van der Waals surface area (Å²) >= 11 is 0. The highest BCUT2D eigenvalue weighted by atomic mass is 19.3. The maximum Gasteiger partial charge on any atom is 0.315 e. The minimum absolute atomic E-state index is 0.0849. The van der Waals surface area contributed by atoms with E-state index in [1.807, 2.05) is 0 Å². The zero-order valence-corrected chi connectivity index (χ0v) is 5.71. The van der Waals surface area contributed by atoms with Crippen molar-refractivity contribution in [2.24, 2.45) is 11.8 Å². The predicted octanol–water partition coefficient (Wildman–Crippen LogP) is 0.240. The average Bonchev–Trinajstić information content (AvgIpc) is 2.51. The van der Waals surface area contributed by atoms with Crippen molar-refractivity contribution in [3.8, 4) is 0 Å². The van der Waals surface area contributed by atoms with Crippen LogP contribution in [0.1, 0.15) is 0 Å². The summed E-state index contributed by atoms with van der Waals surface area (Å²) in [4.78, 5) is 20.4. The van der Waals surface area contributed by atoms with Crippen molar-refractivity contribution < 1.29 is 23.1 Å². The van der Waals surface area contributed by atoms with Crippen LogP contribution in [0.25, 0.3) is 0 Å². The number of halogens is 2. The van der Waals surface area contributed by atoms with Gasteiger partial charge in [-0.2, -0.15) is 0 Å². The van der Waals surface area contributed by atoms with Crippen molar-refractivity contribution in [3.63, 3.8) is 0 Å². The number of methoxy groups -OCH3 is 1. The number of carbonyl (C=O) groups is 2. The Labute approximate surface area is 61.3 Å². The van der Waals surface area contributed by atoms with E-state index in [1.165, 1.54) is 0 Å². The van der Waals surface area contributed by atoms with Gasteiger partial charge >= 0.3 is 5.97 Å². The van der Waals surface area contributed by atoms with Gasteiger partial charge < -0.3 is 9.53 Å². The number of aldehydes is 1. The molecule has 1 saturated carbocycles. The summed E-state index contributed by atoms with van der Waals surface area (Å²) in [6.45, 7) is 0. The fourth-order valence-corrected chi connectivity index (χ4v) is 0.950. The summed E-state index contributed by atoms with van der Waals surface area (Å²) in [6, 6.07) is 0. The highest BCUT2D eigenvalue weighted by molar-refractivity contribution is 5.84. The number of carbonyl (C=O) groups excluding carboxylic acids is 2. The highest BCUT2D eigenvalue weighted by Crippen LogP contribution is 2.54. The van der Waals surface area contributed by atoms with Gasteiger partial charge in [0.2, 0.25) is 0 Å². The van der Waals surface area contributed by atoms with Gasteiger partial charge in [0.05, 0.1) is 13.0 Å². The maximum absolute atomic E-state index is 12.4. The van der Waals surface area contributed by atoms with E-state index in [0.29, 0.717) is 0 Å². The van der Waals surface area contributed by atoms with Crippen LogP contribution in [0.3, 0.4) is 0 Å². The van der Waals surface area contributed by atoms with Crippen LogP contribution in [0.2, 0.25) is 0 Å². The van der Waals surface area contributed by atoms with E-state index in [9.17, 15) is 18.4 Å². The Bertz CT molecular complexity index is 202. The summed E-state index contributed by atoms with van der Waals surface area (Å²) in [5, 5.41) is 0. The molecule has 0 N–H and O–H groups in total. The Balaban J connectivity index is 2.66. The number of hydrogen-bond acceptors (Lipinski definition) is 3. The molecule has 3 nitrogen and oxygen atoms in total. The summed E-state index contributed by atoms with van der Waals surface area (Å²) < 4.78 is 28.8. The third-order valence-electron chi connectivity index (χ3n) is 1.71. The van der Waals surface area contributed by atoms with Gasteiger partial charge in [0.1, 0.15) is 12.2 Å². The predicted molar refractivity (Wildman–Crippen MR) is 30.0 cm³/mol. The summed E-state index contributed by atoms with van der Waals surface area (Å²) in [5.41, 5.74) is 0. The molecule has 0 aromatic carbocycles. The van der Waals surface area contributed by atoms with Gasteiger partial charge in [-0.3, -0.25) is 4.79 Å². The average molecular weight is 164 g/mol. The van der Waals surface area contributed by atoms with Gasteiger partial charge in [-0.25, -0.2) is 8.78 Å². The quantitative estimate of drug-likeness (QED) is 0.433. The second kappa shape index (κ2) is 2.25. The van der Waals surface area contributed by atoms with Crippen LogP contribution in [0.4, 0.5) is 8.78 Å². The second-order valence-corrected chi connectivity index (χ2v) is 2.34. The first-order valence-corrected chi connectivity index (χ1v) is 2.96. The fourth-order valence-electron chi connectivity index (χ4n) is 0.950. The summed E-state index contributed by atoms with van der Waals surface area (Å²) in [6.07, 6.45) is 0.0849. The van der Waals surface area contributed by atoms with Gasteiger partial charge in [0, 0.05) is 0 Å². The zero-order valence-electron chi connectivity index (χ0n) is 5.71. The SMILES string of the molecule is COC(=O)[C@H]1[C@H](C=O)C1(F)F. The first-order chi connectivity index (χ1) is 5.05. The minimum atomic E-state index is -3.19. The number of esters is 1. The molecule has 0 heterocycles. The molecule has 0 aromatic rings. The van der Waals surface area contributed by atoms with Crippen LogP contribution >= 0.6 is 0 Å². The molecule has 1 aliphatic carbocycles. The molecule has 62 valence electrons. The number of alkyl halides is 2. The van der Waals surface area contributed by atoms with Gasteiger partial charge in [-0.15, -0.1) is 0 Å². The zero-order chi connectivity index (χ0) is 8.65. The summed E-state index contributed by atoms with van der Waals surface area (Å²) in [7, 11) is 1.01. The molecule has 0 spiro atoms. The smallest absolute Gasteiger partial charge is 0.315 e. The van der Waals surface area contributed by atoms with Gasteiger partial charge in [0.15, 0.2) is 0 Å². The van der Waals surface area contributed by atoms with Crippen molar-refractivity contribution in [2.45, 2.75) is 5.92 Å². The lowest BCUT2D eigenvalue weighted by molar-refractivity contribution is -0.144. The van der Waals surface area contributed by atoms with Gasteiger partial charge in [-0.05, 0) is 0 Å². The largest absolute Gasteiger partial charge is 0.469 e. The van der Waals surface area contributed by atoms with E-state index in [0.717, 1.165) is 7.11 Å². The van der Waals surface area contributed by atoms with Gasteiger partial charge in [0.25, 0.3) is 5.92 Å². The van der Waals surface area contributed by atoms with Crippen LogP contribution < -0.4 is 0 Å². The first kappa shape index (κ1) is 8.10. The monoisotopic (exact) mass is 164 g/mol. The van der Waals surface area contributed by atoms with Crippen LogP contribution in [-0.4, -0.2) is 25.3 Å². The standard InChI is InChI=1S/C6H6F2O3/c1-11-5(10)4-3(2-9)6(4,7)8/h2-4H,1H3/t3-,4+/m0/s1. The molecule has 0 aromatic heterocycles. The van der Waals surface area contributed by atoms with E-state index < -0.39 is 23.7 Å². The molecule has 1 aliphatic rings. The third kappa shape index (κ3) is 1.00. The lowest BCUT2D eigenvalue weighted by Crippen LogP contribution is -2.08. The molecule has 0 bridgehead atoms. The molecule has 0 saturated heterocycles. The Morgan fingerprint density at radius 1 is 1.64 bits per heavy atom. The topological polar surface area (TPSA) is 43.4 Å². The molecule has 0 amide bonds. The van der Waals surface area contributed by atoms with Crippen molar-refractivity contribution in [3.05, 3.63) is 0 Å². The molecule has 0 aliphatic heterocycles. The van der Waals surface area contributed by atoms with Crippen LogP contribution in [0, 0.1) is 11.8 Å². The third-order valence-corrected chi connectivity index (χ3v) is 1.71. The summed E-state index contributed by atoms with van der Waals surface area (Å²) in [5.74, 6) is -7.23. The Morgan fingerprint density at radius 2 is 2.18 bits per heavy atom. The van der Waals surface area contributed by atoms with Crippen molar-refractivity contribution in [1.29, 1.82) is 0 Å². The van der Waals surface area contributed by atoms with Crippen LogP contribution in [0.5, 0.6) is 0 Å².